The molecule has 0 bridgehead atoms. The molecule has 8 N–H and O–H groups in total. The predicted octanol–water partition coefficient (Wildman–Crippen LogP) is -2.71. The van der Waals surface area contributed by atoms with Gasteiger partial charge < -0.3 is 36.2 Å². The first-order valence-electron chi connectivity index (χ1n) is 6.39. The van der Waals surface area contributed by atoms with E-state index in [2.05, 4.69) is 15.3 Å². The van der Waals surface area contributed by atoms with Gasteiger partial charge in [0.1, 0.15) is 30.1 Å². The van der Waals surface area contributed by atoms with E-state index in [-0.39, 0.29) is 11.5 Å². The number of aromatic amines is 1. The Kier molecular flexibility index (Phi) is 5.26. The van der Waals surface area contributed by atoms with Crippen LogP contribution in [0, 0.1) is 0 Å². The van der Waals surface area contributed by atoms with Gasteiger partial charge in [0.05, 0.1) is 6.61 Å². The highest BCUT2D eigenvalue weighted by atomic mass is 32.2. The van der Waals surface area contributed by atoms with Crippen LogP contribution in [0.15, 0.2) is 9.95 Å². The van der Waals surface area contributed by atoms with Crippen molar-refractivity contribution in [1.29, 1.82) is 0 Å². The molecule has 10 nitrogen and oxygen atoms in total. The number of aliphatic hydroxyl groups excluding tert-OH is 4. The molecule has 0 radical (unpaired) electrons. The summed E-state index contributed by atoms with van der Waals surface area (Å²) in [7, 11) is 0. The highest BCUT2D eigenvalue weighted by molar-refractivity contribution is 7.98. The van der Waals surface area contributed by atoms with E-state index in [4.69, 9.17) is 15.6 Å². The largest absolute Gasteiger partial charge is 0.394 e. The van der Waals surface area contributed by atoms with Crippen LogP contribution in [0.1, 0.15) is 0 Å². The molecule has 1 fully saturated rings. The van der Waals surface area contributed by atoms with Crippen molar-refractivity contribution >= 4 is 23.3 Å². The van der Waals surface area contributed by atoms with Crippen LogP contribution in [0.3, 0.4) is 0 Å². The molecule has 0 aliphatic carbocycles. The van der Waals surface area contributed by atoms with Gasteiger partial charge in [-0.05, 0) is 6.26 Å². The summed E-state index contributed by atoms with van der Waals surface area (Å²) < 4.78 is 5.27. The smallest absolute Gasteiger partial charge is 0.276 e. The molecule has 0 spiro atoms. The zero-order valence-corrected chi connectivity index (χ0v) is 12.4. The van der Waals surface area contributed by atoms with Crippen molar-refractivity contribution in [3.05, 3.63) is 10.4 Å². The molecule has 1 saturated heterocycles. The minimum absolute atomic E-state index is 0.0302. The summed E-state index contributed by atoms with van der Waals surface area (Å²) in [6.45, 7) is -0.558. The van der Waals surface area contributed by atoms with Crippen LogP contribution in [-0.2, 0) is 4.74 Å². The van der Waals surface area contributed by atoms with Gasteiger partial charge in [-0.25, -0.2) is 4.98 Å². The summed E-state index contributed by atoms with van der Waals surface area (Å²) >= 11 is 1.18. The first-order valence-corrected chi connectivity index (χ1v) is 7.62. The third-order valence-corrected chi connectivity index (χ3v) is 3.88. The average molecular weight is 334 g/mol. The van der Waals surface area contributed by atoms with Crippen LogP contribution in [-0.4, -0.2) is 73.9 Å². The molecule has 2 rings (SSSR count). The average Bonchev–Trinajstić information content (AvgIpc) is 2.51. The van der Waals surface area contributed by atoms with E-state index in [0.717, 1.165) is 0 Å². The van der Waals surface area contributed by atoms with Gasteiger partial charge in [-0.2, -0.15) is 0 Å². The van der Waals surface area contributed by atoms with Crippen LogP contribution >= 0.6 is 11.8 Å². The van der Waals surface area contributed by atoms with Gasteiger partial charge in [-0.3, -0.25) is 9.78 Å². The Morgan fingerprint density at radius 2 is 2.05 bits per heavy atom. The molecule has 124 valence electrons. The molecule has 0 aromatic carbocycles. The van der Waals surface area contributed by atoms with E-state index in [0.29, 0.717) is 5.16 Å². The minimum atomic E-state index is -1.54. The van der Waals surface area contributed by atoms with Crippen molar-refractivity contribution in [2.24, 2.45) is 0 Å². The molecule has 1 aliphatic heterocycles. The number of aromatic nitrogens is 2. The lowest BCUT2D eigenvalue weighted by atomic mass is 9.98. The van der Waals surface area contributed by atoms with Crippen LogP contribution in [0.25, 0.3) is 0 Å². The van der Waals surface area contributed by atoms with Crippen LogP contribution in [0.2, 0.25) is 0 Å². The second-order valence-electron chi connectivity index (χ2n) is 4.73. The van der Waals surface area contributed by atoms with Gasteiger partial charge in [0.2, 0.25) is 0 Å². The minimum Gasteiger partial charge on any atom is -0.394 e. The fraction of sp³-hybridized carbons (Fsp3) is 0.636. The zero-order valence-electron chi connectivity index (χ0n) is 11.6. The number of nitrogens with two attached hydrogens (primary N) is 1. The molecule has 0 amide bonds. The second kappa shape index (κ2) is 6.81. The van der Waals surface area contributed by atoms with Crippen molar-refractivity contribution in [3.8, 4) is 0 Å². The van der Waals surface area contributed by atoms with E-state index in [1.54, 1.807) is 6.26 Å². The maximum atomic E-state index is 11.7. The number of aliphatic hydroxyl groups is 4. The van der Waals surface area contributed by atoms with E-state index < -0.39 is 42.8 Å². The molecule has 1 aromatic heterocycles. The normalized spacial score (nSPS) is 32.0. The van der Waals surface area contributed by atoms with Gasteiger partial charge in [0.15, 0.2) is 17.2 Å². The summed E-state index contributed by atoms with van der Waals surface area (Å²) in [6.07, 6.45) is -5.08. The third-order valence-electron chi connectivity index (χ3n) is 3.30. The summed E-state index contributed by atoms with van der Waals surface area (Å²) in [6, 6.07) is 0. The van der Waals surface area contributed by atoms with Crippen molar-refractivity contribution < 1.29 is 25.2 Å². The van der Waals surface area contributed by atoms with E-state index in [1.807, 2.05) is 0 Å². The Morgan fingerprint density at radius 1 is 1.36 bits per heavy atom. The first kappa shape index (κ1) is 17.0. The van der Waals surface area contributed by atoms with Crippen molar-refractivity contribution in [2.45, 2.75) is 35.8 Å². The molecular formula is C11H18N4O6S. The number of rotatable bonds is 4. The first-order chi connectivity index (χ1) is 10.4. The fourth-order valence-corrected chi connectivity index (χ4v) is 2.40. The third kappa shape index (κ3) is 3.19. The molecule has 2 heterocycles. The maximum absolute atomic E-state index is 11.7. The molecule has 1 aromatic rings. The topological polar surface area (TPSA) is 174 Å². The van der Waals surface area contributed by atoms with Crippen molar-refractivity contribution in [1.82, 2.24) is 9.97 Å². The number of H-pyrrole nitrogens is 1. The lowest BCUT2D eigenvalue weighted by Crippen LogP contribution is -2.60. The standard InChI is InChI=1S/C11H18N4O6S/c1-22-11-14-8(4(12)9(20)15-11)13-10-7(19)6(18)5(17)3(2-16)21-10/h3,5-7,10,16-19H,2,12H2,1H3,(H2,13,14,15,20)/t3-,5+,6+,7+,10+/m0/s1. The summed E-state index contributed by atoms with van der Waals surface area (Å²) in [4.78, 5) is 18.2. The Hall–Kier alpha value is -1.37. The Labute approximate surface area is 129 Å². The lowest BCUT2D eigenvalue weighted by molar-refractivity contribution is -0.221. The zero-order chi connectivity index (χ0) is 16.4. The van der Waals surface area contributed by atoms with Crippen LogP contribution in [0.5, 0.6) is 0 Å². The number of ether oxygens (including phenoxy) is 1. The Bertz CT molecular complexity index is 582. The van der Waals surface area contributed by atoms with Crippen LogP contribution in [0.4, 0.5) is 11.5 Å². The van der Waals surface area contributed by atoms with Gasteiger partial charge in [0.25, 0.3) is 5.56 Å². The summed E-state index contributed by atoms with van der Waals surface area (Å²) in [5.41, 5.74) is 4.84. The molecule has 22 heavy (non-hydrogen) atoms. The number of hydrogen-bond donors (Lipinski definition) is 7. The highest BCUT2D eigenvalue weighted by Crippen LogP contribution is 2.24. The number of anilines is 2. The number of nitrogens with one attached hydrogen (secondary N) is 2. The van der Waals surface area contributed by atoms with E-state index >= 15 is 0 Å². The van der Waals surface area contributed by atoms with Gasteiger partial charge >= 0.3 is 0 Å². The summed E-state index contributed by atoms with van der Waals surface area (Å²) in [5.74, 6) is -0.0302. The van der Waals surface area contributed by atoms with Gasteiger partial charge in [0, 0.05) is 0 Å². The highest BCUT2D eigenvalue weighted by Gasteiger charge is 2.43. The number of nitrogen functional groups attached to an aromatic ring is 1. The maximum Gasteiger partial charge on any atom is 0.276 e. The monoisotopic (exact) mass is 334 g/mol. The fourth-order valence-electron chi connectivity index (χ4n) is 2.02. The molecule has 0 unspecified atom stereocenters. The second-order valence-corrected chi connectivity index (χ2v) is 5.53. The van der Waals surface area contributed by atoms with Gasteiger partial charge in [-0.1, -0.05) is 11.8 Å². The Morgan fingerprint density at radius 3 is 2.64 bits per heavy atom. The van der Waals surface area contributed by atoms with Crippen LogP contribution < -0.4 is 16.6 Å². The van der Waals surface area contributed by atoms with E-state index in [1.165, 1.54) is 11.8 Å². The quantitative estimate of drug-likeness (QED) is 0.226. The van der Waals surface area contributed by atoms with Gasteiger partial charge in [-0.15, -0.1) is 0 Å². The molecule has 5 atom stereocenters. The predicted molar refractivity (Wildman–Crippen MR) is 78.4 cm³/mol. The number of hydrogen-bond acceptors (Lipinski definition) is 10. The molecule has 1 aliphatic rings. The Balaban J connectivity index is 2.26. The SMILES string of the molecule is CSc1nc(N[C@@H]2O[C@@H](CO)[C@@H](O)[C@@H](O)[C@H]2O)c(N)c(=O)[nH]1. The molecular weight excluding hydrogens is 316 g/mol. The van der Waals surface area contributed by atoms with Crippen molar-refractivity contribution in [3.63, 3.8) is 0 Å². The number of thioether (sulfide) groups is 1. The van der Waals surface area contributed by atoms with Crippen molar-refractivity contribution in [2.75, 3.05) is 23.9 Å². The number of nitrogens with zero attached hydrogens (tertiary/aromatic N) is 1. The van der Waals surface area contributed by atoms with E-state index in [9.17, 15) is 20.1 Å². The molecule has 11 heteroatoms. The summed E-state index contributed by atoms with van der Waals surface area (Å²) in [5, 5.41) is 41.4. The molecule has 0 saturated carbocycles. The lowest BCUT2D eigenvalue weighted by Gasteiger charge is -2.40.